The molecule has 0 aromatic heterocycles. The molecule has 0 N–H and O–H groups in total. The van der Waals surface area contributed by atoms with Crippen molar-refractivity contribution in [3.05, 3.63) is 64.1 Å². The van der Waals surface area contributed by atoms with E-state index in [2.05, 4.69) is 21.1 Å². The Labute approximate surface area is 161 Å². The Kier molecular flexibility index (Phi) is 7.62. The number of anilines is 1. The van der Waals surface area contributed by atoms with Crippen molar-refractivity contribution in [3.63, 3.8) is 0 Å². The zero-order valence-electron chi connectivity index (χ0n) is 14.9. The lowest BCUT2D eigenvalue weighted by Crippen LogP contribution is -2.33. The molecule has 0 saturated carbocycles. The van der Waals surface area contributed by atoms with Crippen LogP contribution in [-0.2, 0) is 20.9 Å². The molecule has 0 heterocycles. The lowest BCUT2D eigenvalue weighted by atomic mass is 10.1. The van der Waals surface area contributed by atoms with E-state index in [1.807, 2.05) is 49.4 Å². The van der Waals surface area contributed by atoms with Crippen LogP contribution in [0.5, 0.6) is 0 Å². The number of halogens is 1. The third kappa shape index (κ3) is 5.31. The van der Waals surface area contributed by atoms with Gasteiger partial charge in [0.2, 0.25) is 0 Å². The SMILES string of the molecule is COCN(C(=O)OC)c1ccccc1CO/N=C(\C)c1ccc(Br)cc1. The van der Waals surface area contributed by atoms with Gasteiger partial charge in [-0.15, -0.1) is 0 Å². The van der Waals surface area contributed by atoms with Crippen LogP contribution in [0.2, 0.25) is 0 Å². The van der Waals surface area contributed by atoms with Crippen molar-refractivity contribution in [2.24, 2.45) is 5.16 Å². The number of methoxy groups -OCH3 is 2. The first kappa shape index (κ1) is 19.9. The third-order valence-electron chi connectivity index (χ3n) is 3.62. The lowest BCUT2D eigenvalue weighted by molar-refractivity contribution is 0.129. The summed E-state index contributed by atoms with van der Waals surface area (Å²) in [6.07, 6.45) is -0.506. The average molecular weight is 421 g/mol. The summed E-state index contributed by atoms with van der Waals surface area (Å²) in [4.78, 5) is 18.9. The van der Waals surface area contributed by atoms with Crippen LogP contribution in [0.3, 0.4) is 0 Å². The zero-order chi connectivity index (χ0) is 18.9. The maximum absolute atomic E-state index is 12.0. The summed E-state index contributed by atoms with van der Waals surface area (Å²) in [7, 11) is 2.84. The largest absolute Gasteiger partial charge is 0.452 e. The molecule has 0 unspecified atom stereocenters. The van der Waals surface area contributed by atoms with E-state index >= 15 is 0 Å². The molecule has 0 saturated heterocycles. The van der Waals surface area contributed by atoms with E-state index < -0.39 is 6.09 Å². The van der Waals surface area contributed by atoms with Crippen molar-refractivity contribution >= 4 is 33.4 Å². The molecule has 0 atom stereocenters. The Bertz CT molecular complexity index is 762. The minimum Gasteiger partial charge on any atom is -0.452 e. The third-order valence-corrected chi connectivity index (χ3v) is 4.15. The van der Waals surface area contributed by atoms with Crippen LogP contribution in [0.4, 0.5) is 10.5 Å². The molecule has 7 heteroatoms. The first-order chi connectivity index (χ1) is 12.6. The van der Waals surface area contributed by atoms with E-state index in [0.29, 0.717) is 5.69 Å². The summed E-state index contributed by atoms with van der Waals surface area (Å²) in [5.41, 5.74) is 3.17. The molecule has 0 aliphatic rings. The van der Waals surface area contributed by atoms with Gasteiger partial charge in [0.15, 0.2) is 0 Å². The molecule has 2 rings (SSSR count). The summed E-state index contributed by atoms with van der Waals surface area (Å²) >= 11 is 3.41. The molecule has 0 bridgehead atoms. The zero-order valence-corrected chi connectivity index (χ0v) is 16.5. The molecule has 0 aliphatic carbocycles. The van der Waals surface area contributed by atoms with Crippen LogP contribution in [-0.4, -0.2) is 32.8 Å². The number of benzene rings is 2. The van der Waals surface area contributed by atoms with Gasteiger partial charge in [-0.05, 0) is 30.7 Å². The number of hydrogen-bond donors (Lipinski definition) is 0. The Morgan fingerprint density at radius 1 is 1.12 bits per heavy atom. The minimum absolute atomic E-state index is 0.0743. The number of nitrogens with zero attached hydrogens (tertiary/aromatic N) is 2. The van der Waals surface area contributed by atoms with Crippen LogP contribution < -0.4 is 4.90 Å². The van der Waals surface area contributed by atoms with Crippen LogP contribution in [0.25, 0.3) is 0 Å². The molecule has 2 aromatic rings. The summed E-state index contributed by atoms with van der Waals surface area (Å²) in [6.45, 7) is 2.16. The second-order valence-corrected chi connectivity index (χ2v) is 6.32. The van der Waals surface area contributed by atoms with Crippen LogP contribution in [0, 0.1) is 0 Å². The number of oxime groups is 1. The van der Waals surface area contributed by atoms with E-state index in [1.165, 1.54) is 19.1 Å². The molecule has 0 radical (unpaired) electrons. The quantitative estimate of drug-likeness (QED) is 0.374. The predicted octanol–water partition coefficient (Wildman–Crippen LogP) is 4.57. The Hall–Kier alpha value is -2.38. The summed E-state index contributed by atoms with van der Waals surface area (Å²) < 4.78 is 10.9. The Morgan fingerprint density at radius 3 is 2.46 bits per heavy atom. The van der Waals surface area contributed by atoms with E-state index in [1.54, 1.807) is 6.07 Å². The second-order valence-electron chi connectivity index (χ2n) is 5.40. The number of carbonyl (C=O) groups is 1. The van der Waals surface area contributed by atoms with E-state index in [4.69, 9.17) is 14.3 Å². The molecule has 2 aromatic carbocycles. The van der Waals surface area contributed by atoms with E-state index in [0.717, 1.165) is 21.3 Å². The molecule has 0 fully saturated rings. The fraction of sp³-hybridized carbons (Fsp3) is 0.263. The molecule has 0 spiro atoms. The maximum atomic E-state index is 12.0. The van der Waals surface area contributed by atoms with Crippen LogP contribution >= 0.6 is 15.9 Å². The monoisotopic (exact) mass is 420 g/mol. The average Bonchev–Trinajstić information content (AvgIpc) is 2.66. The standard InChI is InChI=1S/C19H21BrN2O4/c1-14(15-8-10-17(20)11-9-15)21-26-12-16-6-4-5-7-18(16)22(13-24-2)19(23)25-3/h4-11H,12-13H2,1-3H3/b21-14+. The minimum atomic E-state index is -0.506. The van der Waals surface area contributed by atoms with Crippen molar-refractivity contribution < 1.29 is 19.1 Å². The van der Waals surface area contributed by atoms with Crippen molar-refractivity contribution in [1.82, 2.24) is 0 Å². The van der Waals surface area contributed by atoms with Gasteiger partial charge in [-0.1, -0.05) is 51.4 Å². The van der Waals surface area contributed by atoms with Gasteiger partial charge < -0.3 is 14.3 Å². The van der Waals surface area contributed by atoms with Gasteiger partial charge >= 0.3 is 6.09 Å². The Morgan fingerprint density at radius 2 is 1.81 bits per heavy atom. The summed E-state index contributed by atoms with van der Waals surface area (Å²) in [5.74, 6) is 0. The van der Waals surface area contributed by atoms with E-state index in [-0.39, 0.29) is 13.3 Å². The highest BCUT2D eigenvalue weighted by atomic mass is 79.9. The molecule has 26 heavy (non-hydrogen) atoms. The first-order valence-electron chi connectivity index (χ1n) is 7.91. The fourth-order valence-corrected chi connectivity index (χ4v) is 2.56. The number of amides is 1. The van der Waals surface area contributed by atoms with Gasteiger partial charge in [0.1, 0.15) is 13.3 Å². The Balaban J connectivity index is 2.13. The number of hydrogen-bond acceptors (Lipinski definition) is 5. The molecule has 1 amide bonds. The van der Waals surface area contributed by atoms with Gasteiger partial charge in [0.25, 0.3) is 0 Å². The molecule has 0 aliphatic heterocycles. The van der Waals surface area contributed by atoms with Crippen LogP contribution in [0.1, 0.15) is 18.1 Å². The van der Waals surface area contributed by atoms with Crippen molar-refractivity contribution in [1.29, 1.82) is 0 Å². The van der Waals surface area contributed by atoms with Gasteiger partial charge in [0, 0.05) is 17.1 Å². The van der Waals surface area contributed by atoms with Gasteiger partial charge in [0.05, 0.1) is 18.5 Å². The molecule has 6 nitrogen and oxygen atoms in total. The van der Waals surface area contributed by atoms with Crippen molar-refractivity contribution in [2.45, 2.75) is 13.5 Å². The van der Waals surface area contributed by atoms with Crippen molar-refractivity contribution in [3.8, 4) is 0 Å². The van der Waals surface area contributed by atoms with Gasteiger partial charge in [-0.3, -0.25) is 4.90 Å². The number of rotatable bonds is 7. The van der Waals surface area contributed by atoms with Crippen LogP contribution in [0.15, 0.2) is 58.2 Å². The highest BCUT2D eigenvalue weighted by Gasteiger charge is 2.19. The van der Waals surface area contributed by atoms with Gasteiger partial charge in [-0.25, -0.2) is 4.79 Å². The van der Waals surface area contributed by atoms with Crippen molar-refractivity contribution in [2.75, 3.05) is 25.9 Å². The summed E-state index contributed by atoms with van der Waals surface area (Å²) in [5, 5.41) is 4.17. The topological polar surface area (TPSA) is 60.4 Å². The number of ether oxygens (including phenoxy) is 2. The number of para-hydroxylation sites is 1. The smallest absolute Gasteiger partial charge is 0.415 e. The molecular weight excluding hydrogens is 400 g/mol. The maximum Gasteiger partial charge on any atom is 0.415 e. The molecule has 138 valence electrons. The fourth-order valence-electron chi connectivity index (χ4n) is 2.30. The number of carbonyl (C=O) groups excluding carboxylic acids is 1. The second kappa shape index (κ2) is 9.94. The summed E-state index contributed by atoms with van der Waals surface area (Å²) in [6, 6.07) is 15.2. The highest BCUT2D eigenvalue weighted by molar-refractivity contribution is 9.10. The lowest BCUT2D eigenvalue weighted by Gasteiger charge is -2.22. The predicted molar refractivity (Wildman–Crippen MR) is 104 cm³/mol. The molecular formula is C19H21BrN2O4. The normalized spacial score (nSPS) is 11.2. The highest BCUT2D eigenvalue weighted by Crippen LogP contribution is 2.22. The van der Waals surface area contributed by atoms with Gasteiger partial charge in [-0.2, -0.15) is 0 Å². The first-order valence-corrected chi connectivity index (χ1v) is 8.71. The van der Waals surface area contributed by atoms with E-state index in [9.17, 15) is 4.79 Å².